The van der Waals surface area contributed by atoms with Gasteiger partial charge in [-0.3, -0.25) is 0 Å². The van der Waals surface area contributed by atoms with Crippen molar-refractivity contribution in [1.82, 2.24) is 0 Å². The molecule has 1 nitrogen and oxygen atoms in total. The monoisotopic (exact) mass is 447 g/mol. The second kappa shape index (κ2) is 9.32. The third-order valence-corrected chi connectivity index (χ3v) is 6.44. The molecule has 0 spiro atoms. The number of hydrogen-bond donors (Lipinski definition) is 0. The summed E-state index contributed by atoms with van der Waals surface area (Å²) in [5.41, 5.74) is 8.30. The van der Waals surface area contributed by atoms with Crippen molar-refractivity contribution < 1.29 is 0 Å². The molecule has 0 atom stereocenters. The van der Waals surface area contributed by atoms with Crippen molar-refractivity contribution in [2.45, 2.75) is 0 Å². The smallest absolute Gasteiger partial charge is 0.0552 e. The zero-order valence-electron chi connectivity index (χ0n) is 19.4. The highest BCUT2D eigenvalue weighted by Gasteiger charge is 2.21. The van der Waals surface area contributed by atoms with E-state index in [0.29, 0.717) is 0 Å². The topological polar surface area (TPSA) is 3.24 Å². The van der Waals surface area contributed by atoms with Gasteiger partial charge in [0.25, 0.3) is 0 Å². The van der Waals surface area contributed by atoms with Crippen LogP contribution in [-0.2, 0) is 0 Å². The van der Waals surface area contributed by atoms with Crippen LogP contribution in [0.5, 0.6) is 0 Å². The van der Waals surface area contributed by atoms with Gasteiger partial charge < -0.3 is 4.90 Å². The largest absolute Gasteiger partial charge is 0.310 e. The van der Waals surface area contributed by atoms with E-state index in [0.717, 1.165) is 17.1 Å². The van der Waals surface area contributed by atoms with Gasteiger partial charge in [-0.1, -0.05) is 121 Å². The second-order valence-electron chi connectivity index (χ2n) is 8.60. The van der Waals surface area contributed by atoms with E-state index in [1.807, 2.05) is 0 Å². The van der Waals surface area contributed by atoms with Crippen molar-refractivity contribution in [3.05, 3.63) is 152 Å². The maximum absolute atomic E-state index is 2.38. The third kappa shape index (κ3) is 3.98. The molecule has 0 aliphatic heterocycles. The summed E-state index contributed by atoms with van der Waals surface area (Å²) in [6.07, 6.45) is 0. The number of para-hydroxylation sites is 2. The van der Waals surface area contributed by atoms with Gasteiger partial charge in [-0.05, 0) is 57.8 Å². The Morgan fingerprint density at radius 2 is 0.800 bits per heavy atom. The van der Waals surface area contributed by atoms with Gasteiger partial charge in [-0.25, -0.2) is 0 Å². The summed E-state index contributed by atoms with van der Waals surface area (Å²) >= 11 is 0. The summed E-state index contributed by atoms with van der Waals surface area (Å²) in [7, 11) is 0. The second-order valence-corrected chi connectivity index (χ2v) is 8.60. The van der Waals surface area contributed by atoms with Gasteiger partial charge in [0.15, 0.2) is 0 Å². The average molecular weight is 448 g/mol. The van der Waals surface area contributed by atoms with Crippen LogP contribution in [0.4, 0.5) is 17.1 Å². The first-order valence-electron chi connectivity index (χ1n) is 12.0. The molecule has 0 aliphatic rings. The first-order chi connectivity index (χ1) is 17.4. The zero-order chi connectivity index (χ0) is 23.5. The molecule has 166 valence electrons. The molecule has 0 aliphatic carbocycles. The van der Waals surface area contributed by atoms with Crippen LogP contribution in [0.25, 0.3) is 33.0 Å². The van der Waals surface area contributed by atoms with E-state index in [4.69, 9.17) is 0 Å². The van der Waals surface area contributed by atoms with Crippen molar-refractivity contribution in [3.8, 4) is 22.3 Å². The number of nitrogens with zero attached hydrogens (tertiary/aromatic N) is 1. The highest BCUT2D eigenvalue weighted by atomic mass is 15.1. The quantitative estimate of drug-likeness (QED) is 0.254. The summed E-state index contributed by atoms with van der Waals surface area (Å²) in [5, 5.41) is 2.49. The van der Waals surface area contributed by atoms with E-state index < -0.39 is 0 Å². The first kappa shape index (κ1) is 20.9. The molecule has 0 saturated carbocycles. The third-order valence-electron chi connectivity index (χ3n) is 6.44. The summed E-state index contributed by atoms with van der Waals surface area (Å²) in [4.78, 5) is 2.38. The molecule has 0 amide bonds. The number of hydrogen-bond acceptors (Lipinski definition) is 1. The number of anilines is 3. The Morgan fingerprint density at radius 3 is 1.34 bits per heavy atom. The predicted molar refractivity (Wildman–Crippen MR) is 150 cm³/mol. The molecule has 0 fully saturated rings. The molecule has 35 heavy (non-hydrogen) atoms. The van der Waals surface area contributed by atoms with Crippen molar-refractivity contribution >= 4 is 27.8 Å². The Hall–Kier alpha value is -4.62. The molecule has 0 radical (unpaired) electrons. The molecule has 6 rings (SSSR count). The normalized spacial score (nSPS) is 10.9. The molecule has 0 N–H and O–H groups in total. The van der Waals surface area contributed by atoms with Gasteiger partial charge in [0.2, 0.25) is 0 Å². The maximum atomic E-state index is 2.38. The number of rotatable bonds is 5. The maximum Gasteiger partial charge on any atom is 0.0552 e. The fourth-order valence-corrected chi connectivity index (χ4v) is 4.88. The summed E-state index contributed by atoms with van der Waals surface area (Å²) in [6, 6.07) is 53.8. The van der Waals surface area contributed by atoms with Crippen molar-refractivity contribution in [3.63, 3.8) is 0 Å². The Kier molecular flexibility index (Phi) is 5.58. The lowest BCUT2D eigenvalue weighted by Gasteiger charge is -2.29. The molecule has 6 aromatic carbocycles. The van der Waals surface area contributed by atoms with E-state index in [1.54, 1.807) is 0 Å². The van der Waals surface area contributed by atoms with Crippen LogP contribution in [-0.4, -0.2) is 0 Å². The van der Waals surface area contributed by atoms with Crippen molar-refractivity contribution in [1.29, 1.82) is 0 Å². The highest BCUT2D eigenvalue weighted by molar-refractivity contribution is 6.11. The molecule has 0 heterocycles. The average Bonchev–Trinajstić information content (AvgIpc) is 2.95. The summed E-state index contributed by atoms with van der Waals surface area (Å²) < 4.78 is 0. The van der Waals surface area contributed by atoms with Crippen LogP contribution in [0.1, 0.15) is 0 Å². The van der Waals surface area contributed by atoms with Gasteiger partial charge >= 0.3 is 0 Å². The highest BCUT2D eigenvalue weighted by Crippen LogP contribution is 2.47. The molecule has 0 saturated heterocycles. The zero-order valence-corrected chi connectivity index (χ0v) is 19.4. The Balaban J connectivity index is 1.75. The van der Waals surface area contributed by atoms with Crippen LogP contribution >= 0.6 is 0 Å². The Bertz CT molecular complexity index is 1520. The van der Waals surface area contributed by atoms with Crippen LogP contribution in [0.15, 0.2) is 152 Å². The lowest BCUT2D eigenvalue weighted by molar-refractivity contribution is 1.29. The first-order valence-corrected chi connectivity index (χ1v) is 12.0. The molecule has 0 unspecified atom stereocenters. The minimum absolute atomic E-state index is 1.13. The van der Waals surface area contributed by atoms with Crippen LogP contribution in [0.3, 0.4) is 0 Å². The van der Waals surface area contributed by atoms with Crippen molar-refractivity contribution in [2.24, 2.45) is 0 Å². The minimum Gasteiger partial charge on any atom is -0.310 e. The van der Waals surface area contributed by atoms with E-state index in [1.165, 1.54) is 33.0 Å². The standard InChI is InChI=1S/C34H25N/c1-5-15-26(16-6-1)32-25-33(35(28-19-9-3-10-20-28)29-21-11-4-12-22-29)34(27-17-7-2-8-18-27)31-24-14-13-23-30(31)32/h1-25H. The molecule has 6 aromatic rings. The molecule has 1 heteroatoms. The van der Waals surface area contributed by atoms with Crippen molar-refractivity contribution in [2.75, 3.05) is 4.90 Å². The van der Waals surface area contributed by atoms with E-state index >= 15 is 0 Å². The number of fused-ring (bicyclic) bond motifs is 1. The Morgan fingerprint density at radius 1 is 0.371 bits per heavy atom. The van der Waals surface area contributed by atoms with Crippen LogP contribution in [0, 0.1) is 0 Å². The van der Waals surface area contributed by atoms with Gasteiger partial charge in [-0.2, -0.15) is 0 Å². The van der Waals surface area contributed by atoms with Crippen LogP contribution in [0.2, 0.25) is 0 Å². The predicted octanol–water partition coefficient (Wildman–Crippen LogP) is 9.64. The van der Waals surface area contributed by atoms with Gasteiger partial charge in [0.1, 0.15) is 0 Å². The molecular formula is C34H25N. The van der Waals surface area contributed by atoms with E-state index in [-0.39, 0.29) is 0 Å². The molecule has 0 aromatic heterocycles. The fraction of sp³-hybridized carbons (Fsp3) is 0. The fourth-order valence-electron chi connectivity index (χ4n) is 4.88. The van der Waals surface area contributed by atoms with Gasteiger partial charge in [-0.15, -0.1) is 0 Å². The SMILES string of the molecule is c1ccc(-c2cc(N(c3ccccc3)c3ccccc3)c(-c3ccccc3)c3ccccc23)cc1. The van der Waals surface area contributed by atoms with Gasteiger partial charge in [0, 0.05) is 16.9 Å². The summed E-state index contributed by atoms with van der Waals surface area (Å²) in [6.45, 7) is 0. The molecule has 0 bridgehead atoms. The van der Waals surface area contributed by atoms with Gasteiger partial charge in [0.05, 0.1) is 5.69 Å². The lowest BCUT2D eigenvalue weighted by atomic mass is 9.89. The molecular weight excluding hydrogens is 422 g/mol. The Labute approximate surface area is 206 Å². The van der Waals surface area contributed by atoms with E-state index in [9.17, 15) is 0 Å². The minimum atomic E-state index is 1.13. The lowest BCUT2D eigenvalue weighted by Crippen LogP contribution is -2.11. The van der Waals surface area contributed by atoms with Crippen LogP contribution < -0.4 is 4.90 Å². The summed E-state index contributed by atoms with van der Waals surface area (Å²) in [5.74, 6) is 0. The van der Waals surface area contributed by atoms with E-state index in [2.05, 4.69) is 157 Å². The number of benzene rings is 6.